The van der Waals surface area contributed by atoms with Crippen molar-refractivity contribution in [3.8, 4) is 0 Å². The van der Waals surface area contributed by atoms with Crippen LogP contribution in [0.1, 0.15) is 59.3 Å². The van der Waals surface area contributed by atoms with Crippen molar-refractivity contribution >= 4 is 17.5 Å². The molecule has 0 amide bonds. The van der Waals surface area contributed by atoms with Crippen LogP contribution in [-0.4, -0.2) is 46.1 Å². The molecule has 6 heteroatoms. The van der Waals surface area contributed by atoms with Gasteiger partial charge in [-0.25, -0.2) is 0 Å². The summed E-state index contributed by atoms with van der Waals surface area (Å²) in [5.41, 5.74) is -0.837. The number of carbonyl (C=O) groups excluding carboxylic acids is 3. The Kier molecular flexibility index (Phi) is 4.90. The lowest BCUT2D eigenvalue weighted by atomic mass is 9.44. The maximum absolute atomic E-state index is 12.9. The number of hydrogen-bond acceptors (Lipinski definition) is 6. The third-order valence-corrected chi connectivity index (χ3v) is 8.88. The zero-order valence-corrected chi connectivity index (χ0v) is 18.1. The van der Waals surface area contributed by atoms with Gasteiger partial charge in [-0.3, -0.25) is 14.4 Å². The fourth-order valence-corrected chi connectivity index (χ4v) is 7.45. The molecule has 2 N–H and O–H groups in total. The van der Waals surface area contributed by atoms with Crippen molar-refractivity contribution in [1.29, 1.82) is 0 Å². The number of hydrogen-bond donors (Lipinski definition) is 2. The maximum Gasteiger partial charge on any atom is 0.303 e. The van der Waals surface area contributed by atoms with Crippen LogP contribution >= 0.6 is 0 Å². The van der Waals surface area contributed by atoms with Crippen LogP contribution in [0.3, 0.4) is 0 Å². The Morgan fingerprint density at radius 2 is 2.00 bits per heavy atom. The second-order valence-electron chi connectivity index (χ2n) is 10.3. The molecule has 164 valence electrons. The highest BCUT2D eigenvalue weighted by Gasteiger charge is 2.68. The molecule has 3 unspecified atom stereocenters. The summed E-state index contributed by atoms with van der Waals surface area (Å²) in [4.78, 5) is 36.1. The highest BCUT2D eigenvalue weighted by Crippen LogP contribution is 2.68. The van der Waals surface area contributed by atoms with E-state index in [1.54, 1.807) is 6.08 Å². The molecule has 6 nitrogen and oxygen atoms in total. The van der Waals surface area contributed by atoms with Gasteiger partial charge in [-0.15, -0.1) is 0 Å². The van der Waals surface area contributed by atoms with Crippen molar-refractivity contribution in [2.75, 3.05) is 6.61 Å². The largest absolute Gasteiger partial charge is 0.458 e. The molecule has 4 aliphatic carbocycles. The molecule has 3 fully saturated rings. The van der Waals surface area contributed by atoms with E-state index < -0.39 is 35.5 Å². The van der Waals surface area contributed by atoms with E-state index in [2.05, 4.69) is 13.5 Å². The fourth-order valence-electron chi connectivity index (χ4n) is 7.45. The predicted molar refractivity (Wildman–Crippen MR) is 109 cm³/mol. The lowest BCUT2D eigenvalue weighted by molar-refractivity contribution is -0.182. The minimum absolute atomic E-state index is 0.0358. The van der Waals surface area contributed by atoms with Crippen LogP contribution in [0.4, 0.5) is 0 Å². The minimum atomic E-state index is -1.63. The van der Waals surface area contributed by atoms with Gasteiger partial charge in [0.1, 0.15) is 5.60 Å². The van der Waals surface area contributed by atoms with Crippen LogP contribution in [0, 0.1) is 28.6 Å². The van der Waals surface area contributed by atoms with Crippen LogP contribution in [0.25, 0.3) is 0 Å². The Labute approximate surface area is 177 Å². The number of aliphatic hydroxyl groups is 2. The molecule has 0 heterocycles. The Morgan fingerprint density at radius 3 is 2.67 bits per heavy atom. The average molecular weight is 417 g/mol. The van der Waals surface area contributed by atoms with Crippen LogP contribution in [0.15, 0.2) is 23.8 Å². The van der Waals surface area contributed by atoms with Crippen molar-refractivity contribution in [2.24, 2.45) is 28.6 Å². The van der Waals surface area contributed by atoms with Gasteiger partial charge in [-0.05, 0) is 66.9 Å². The van der Waals surface area contributed by atoms with E-state index in [-0.39, 0.29) is 29.0 Å². The first-order chi connectivity index (χ1) is 13.9. The maximum atomic E-state index is 12.9. The van der Waals surface area contributed by atoms with Crippen molar-refractivity contribution in [2.45, 2.75) is 71.0 Å². The second kappa shape index (κ2) is 6.86. The van der Waals surface area contributed by atoms with E-state index >= 15 is 0 Å². The summed E-state index contributed by atoms with van der Waals surface area (Å²) in [6.45, 7) is 9.08. The van der Waals surface area contributed by atoms with Gasteiger partial charge in [0, 0.05) is 18.8 Å². The van der Waals surface area contributed by atoms with Crippen molar-refractivity contribution in [3.05, 3.63) is 23.8 Å². The number of allylic oxidation sites excluding steroid dienone is 2. The molecule has 0 radical (unpaired) electrons. The van der Waals surface area contributed by atoms with Crippen LogP contribution < -0.4 is 0 Å². The summed E-state index contributed by atoms with van der Waals surface area (Å²) in [6.07, 6.45) is 4.12. The molecule has 0 aliphatic heterocycles. The van der Waals surface area contributed by atoms with Crippen molar-refractivity contribution in [1.82, 2.24) is 0 Å². The lowest BCUT2D eigenvalue weighted by Gasteiger charge is -2.60. The van der Waals surface area contributed by atoms with Crippen LogP contribution in [0.5, 0.6) is 0 Å². The summed E-state index contributed by atoms with van der Waals surface area (Å²) in [5.74, 6) is -0.840. The third-order valence-electron chi connectivity index (χ3n) is 8.88. The van der Waals surface area contributed by atoms with Gasteiger partial charge < -0.3 is 14.9 Å². The number of ether oxygens (including phenoxy) is 1. The zero-order valence-electron chi connectivity index (χ0n) is 18.1. The highest BCUT2D eigenvalue weighted by atomic mass is 16.5. The van der Waals surface area contributed by atoms with Gasteiger partial charge in [0.25, 0.3) is 0 Å². The standard InChI is InChI=1S/C24H32O6/c1-13-9-16-17-6-8-24(29,20(28)12-30-14(2)25)23(17,4)11-19(27)21(16)22(3)7-5-15(26)10-18(13)22/h10,16-17,19,21,27,29H,1,5-9,11-12H2,2-4H3/t16?,17?,19-,21?,22-,23-,24-/m0/s1. The van der Waals surface area contributed by atoms with Gasteiger partial charge >= 0.3 is 5.97 Å². The first-order valence-electron chi connectivity index (χ1n) is 10.9. The Bertz CT molecular complexity index is 858. The molecule has 30 heavy (non-hydrogen) atoms. The van der Waals surface area contributed by atoms with Gasteiger partial charge in [0.05, 0.1) is 6.10 Å². The lowest BCUT2D eigenvalue weighted by Crippen LogP contribution is -2.62. The molecule has 0 spiro atoms. The molecule has 0 saturated heterocycles. The highest BCUT2D eigenvalue weighted by molar-refractivity contribution is 5.93. The Balaban J connectivity index is 1.70. The summed E-state index contributed by atoms with van der Waals surface area (Å²) in [7, 11) is 0. The monoisotopic (exact) mass is 416 g/mol. The number of aliphatic hydroxyl groups excluding tert-OH is 1. The Morgan fingerprint density at radius 1 is 1.30 bits per heavy atom. The molecule has 0 aromatic heterocycles. The topological polar surface area (TPSA) is 101 Å². The van der Waals surface area contributed by atoms with Crippen LogP contribution in [0.2, 0.25) is 0 Å². The van der Waals surface area contributed by atoms with Gasteiger partial charge in [-0.1, -0.05) is 26.0 Å². The summed E-state index contributed by atoms with van der Waals surface area (Å²) < 4.78 is 4.89. The molecule has 4 aliphatic rings. The number of esters is 1. The van der Waals surface area contributed by atoms with E-state index in [1.807, 2.05) is 6.92 Å². The van der Waals surface area contributed by atoms with Crippen LogP contribution in [-0.2, 0) is 19.1 Å². The van der Waals surface area contributed by atoms with E-state index in [9.17, 15) is 24.6 Å². The first kappa shape index (κ1) is 21.4. The smallest absolute Gasteiger partial charge is 0.303 e. The minimum Gasteiger partial charge on any atom is -0.458 e. The van der Waals surface area contributed by atoms with Crippen molar-refractivity contribution < 1.29 is 29.3 Å². The third kappa shape index (κ3) is 2.79. The summed E-state index contributed by atoms with van der Waals surface area (Å²) >= 11 is 0. The number of fused-ring (bicyclic) bond motifs is 5. The van der Waals surface area contributed by atoms with Gasteiger partial charge in [0.15, 0.2) is 12.4 Å². The molecule has 3 saturated carbocycles. The average Bonchev–Trinajstić information content (AvgIpc) is 2.93. The van der Waals surface area contributed by atoms with Crippen molar-refractivity contribution in [3.63, 3.8) is 0 Å². The number of ketones is 2. The number of Topliss-reactive ketones (excluding diaryl/α,β-unsaturated/α-hetero) is 1. The summed E-state index contributed by atoms with van der Waals surface area (Å²) in [5, 5.41) is 22.9. The number of rotatable bonds is 3. The quantitative estimate of drug-likeness (QED) is 0.686. The summed E-state index contributed by atoms with van der Waals surface area (Å²) in [6, 6.07) is 0. The molecule has 0 bridgehead atoms. The van der Waals surface area contributed by atoms with Gasteiger partial charge in [0.2, 0.25) is 5.78 Å². The molecular weight excluding hydrogens is 384 g/mol. The number of carbonyl (C=O) groups is 3. The molecule has 0 aromatic carbocycles. The fraction of sp³-hybridized carbons (Fsp3) is 0.708. The normalized spacial score (nSPS) is 45.2. The zero-order chi connectivity index (χ0) is 22.1. The van der Waals surface area contributed by atoms with E-state index in [0.29, 0.717) is 38.5 Å². The first-order valence-corrected chi connectivity index (χ1v) is 10.9. The van der Waals surface area contributed by atoms with Gasteiger partial charge in [-0.2, -0.15) is 0 Å². The van der Waals surface area contributed by atoms with E-state index in [0.717, 1.165) is 11.1 Å². The second-order valence-corrected chi connectivity index (χ2v) is 10.3. The SMILES string of the molecule is C=C1CC2C([C@@H](O)C[C@@]3(C)C2CC[C@]3(O)C(=O)COC(C)=O)[C@@]2(C)CCC(=O)C=C12. The van der Waals surface area contributed by atoms with E-state index in [4.69, 9.17) is 4.74 Å². The molecule has 7 atom stereocenters. The Hall–Kier alpha value is -1.79. The molecule has 4 rings (SSSR count). The van der Waals surface area contributed by atoms with E-state index in [1.165, 1.54) is 6.92 Å². The molecule has 0 aromatic rings. The predicted octanol–water partition coefficient (Wildman–Crippen LogP) is 2.52. The molecular formula is C24H32O6.